The average Bonchev–Trinajstić information content (AvgIpc) is 4.20. The summed E-state index contributed by atoms with van der Waals surface area (Å²) in [6.07, 6.45) is 1.74. The van der Waals surface area contributed by atoms with Crippen LogP contribution in [-0.4, -0.2) is 72.0 Å². The van der Waals surface area contributed by atoms with Crippen molar-refractivity contribution in [2.24, 2.45) is 0 Å². The van der Waals surface area contributed by atoms with Crippen LogP contribution in [0.2, 0.25) is 0 Å². The summed E-state index contributed by atoms with van der Waals surface area (Å²) in [5.41, 5.74) is 9.55. The van der Waals surface area contributed by atoms with Gasteiger partial charge in [0.2, 0.25) is 5.91 Å². The monoisotopic (exact) mass is 1040 g/mol. The number of carbonyl (C=O) groups is 3. The summed E-state index contributed by atoms with van der Waals surface area (Å²) in [5.74, 6) is 1.40. The highest BCUT2D eigenvalue weighted by molar-refractivity contribution is 5.82. The van der Waals surface area contributed by atoms with Crippen molar-refractivity contribution in [2.45, 2.75) is 76.4 Å². The van der Waals surface area contributed by atoms with E-state index in [0.29, 0.717) is 19.6 Å². The molecular weight excluding hydrogens is 975 g/mol. The molecule has 8 aromatic carbocycles. The molecule has 2 unspecified atom stereocenters. The number of esters is 1. The zero-order chi connectivity index (χ0) is 53.2. The van der Waals surface area contributed by atoms with E-state index >= 15 is 0 Å². The van der Waals surface area contributed by atoms with Gasteiger partial charge in [0.1, 0.15) is 56.5 Å². The Morgan fingerprint density at radius 1 is 0.590 bits per heavy atom. The molecule has 0 aliphatic carbocycles. The number of amides is 1. The summed E-state index contributed by atoms with van der Waals surface area (Å²) in [6.45, 7) is 4.83. The quantitative estimate of drug-likeness (QED) is 0.0851. The second-order valence-corrected chi connectivity index (χ2v) is 19.2. The highest BCUT2D eigenvalue weighted by atomic mass is 16.6. The van der Waals surface area contributed by atoms with Gasteiger partial charge in [-0.05, 0) is 93.6 Å². The molecule has 3 fully saturated rings. The average molecular weight is 1040 g/mol. The second kappa shape index (κ2) is 28.3. The molecule has 3 saturated heterocycles. The van der Waals surface area contributed by atoms with Gasteiger partial charge in [-0.2, -0.15) is 0 Å². The van der Waals surface area contributed by atoms with Crippen molar-refractivity contribution in [2.75, 3.05) is 26.3 Å². The van der Waals surface area contributed by atoms with Crippen LogP contribution >= 0.6 is 0 Å². The normalized spacial score (nSPS) is 18.3. The Balaban J connectivity index is 0.000000203. The van der Waals surface area contributed by atoms with Gasteiger partial charge in [-0.15, -0.1) is 0 Å². The van der Waals surface area contributed by atoms with Gasteiger partial charge in [0.05, 0.1) is 24.7 Å². The molecule has 3 aliphatic heterocycles. The molecule has 0 saturated carbocycles. The highest BCUT2D eigenvalue weighted by Gasteiger charge is 2.54. The standard InChI is InChI=1S/C37H31NO4.C28H32N2O3.CH2O.CH4/c39-37-34-35(30-20-22-32(23-21-30)40-24-26-10-4-1-5-11-26)42-36(38(34)33(25-41-37)29-14-8-3-9-15-29)31-18-16-28(17-19-31)27-12-6-2-7-13-27;31-20-27(24-11-5-2-6-12-24)29-26(28(32)30-17-7-8-18-30)19-22-13-15-25(16-14-22)33-21-23-9-3-1-4-10-23;1-2;/h1-23,33-36H,24-25H2;1-6,9-16,26-27,29,31H,7-8,17-21H2;1H2;1H4/t33-,34?,35-,36+;26-,27?;;/m10../s1. The number of hydrogen-bond acceptors (Lipinski definition) is 10. The molecule has 3 aliphatic rings. The fourth-order valence-electron chi connectivity index (χ4n) is 10.2. The Kier molecular flexibility index (Phi) is 20.3. The van der Waals surface area contributed by atoms with E-state index in [1.54, 1.807) is 0 Å². The molecule has 3 heterocycles. The van der Waals surface area contributed by atoms with Crippen LogP contribution in [0.4, 0.5) is 0 Å². The number of morpholine rings is 1. The van der Waals surface area contributed by atoms with Gasteiger partial charge >= 0.3 is 5.97 Å². The van der Waals surface area contributed by atoms with Gasteiger partial charge in [-0.3, -0.25) is 14.9 Å². The van der Waals surface area contributed by atoms with Crippen molar-refractivity contribution in [1.29, 1.82) is 0 Å². The van der Waals surface area contributed by atoms with E-state index in [9.17, 15) is 14.7 Å². The summed E-state index contributed by atoms with van der Waals surface area (Å²) in [5, 5.41) is 13.5. The number of likely N-dealkylation sites (tertiary alicyclic amines) is 1. The third-order valence-corrected chi connectivity index (χ3v) is 14.2. The van der Waals surface area contributed by atoms with Crippen LogP contribution in [0.15, 0.2) is 224 Å². The topological polar surface area (TPSA) is 127 Å². The minimum absolute atomic E-state index is 0. The minimum atomic E-state index is -0.584. The van der Waals surface area contributed by atoms with Crippen molar-refractivity contribution in [1.82, 2.24) is 15.1 Å². The Morgan fingerprint density at radius 3 is 1.63 bits per heavy atom. The molecule has 1 amide bonds. The maximum atomic E-state index is 13.4. The van der Waals surface area contributed by atoms with Gasteiger partial charge in [-0.25, -0.2) is 4.90 Å². The minimum Gasteiger partial charge on any atom is -0.489 e. The van der Waals surface area contributed by atoms with Crippen LogP contribution in [0.25, 0.3) is 11.1 Å². The lowest BCUT2D eigenvalue weighted by molar-refractivity contribution is -0.163. The maximum absolute atomic E-state index is 13.4. The number of cyclic esters (lactones) is 1. The van der Waals surface area contributed by atoms with Crippen LogP contribution in [0.5, 0.6) is 11.5 Å². The molecule has 6 atom stereocenters. The van der Waals surface area contributed by atoms with E-state index in [1.165, 1.54) is 0 Å². The zero-order valence-electron chi connectivity index (χ0n) is 43.1. The van der Waals surface area contributed by atoms with Crippen molar-refractivity contribution in [3.63, 3.8) is 0 Å². The maximum Gasteiger partial charge on any atom is 0.326 e. The third-order valence-electron chi connectivity index (χ3n) is 14.2. The lowest BCUT2D eigenvalue weighted by Gasteiger charge is -2.39. The molecule has 0 bridgehead atoms. The SMILES string of the molecule is C.C=O.O=C([C@H](Cc1ccc(OCc2ccccc2)cc1)NC(CO)c1ccccc1)N1CCCC1.O=C1OC[C@H](c2ccccc2)N2C1[C@@H](c1ccc(OCc3ccccc3)cc1)O[C@H]2c1ccc(-c2ccccc2)cc1. The van der Waals surface area contributed by atoms with Crippen LogP contribution in [-0.2, 0) is 43.5 Å². The van der Waals surface area contributed by atoms with Crippen LogP contribution in [0.3, 0.4) is 0 Å². The number of rotatable bonds is 17. The van der Waals surface area contributed by atoms with Gasteiger partial charge in [0.25, 0.3) is 0 Å². The lowest BCUT2D eigenvalue weighted by atomic mass is 9.96. The van der Waals surface area contributed by atoms with Gasteiger partial charge in [0.15, 0.2) is 0 Å². The third kappa shape index (κ3) is 14.2. The summed E-state index contributed by atoms with van der Waals surface area (Å²) in [7, 11) is 0. The van der Waals surface area contributed by atoms with E-state index < -0.39 is 24.4 Å². The van der Waals surface area contributed by atoms with Crippen molar-refractivity contribution in [3.05, 3.63) is 263 Å². The molecule has 11 nitrogen and oxygen atoms in total. The largest absolute Gasteiger partial charge is 0.489 e. The van der Waals surface area contributed by atoms with Crippen LogP contribution in [0, 0.1) is 0 Å². The zero-order valence-corrected chi connectivity index (χ0v) is 43.1. The summed E-state index contributed by atoms with van der Waals surface area (Å²) < 4.78 is 24.5. The second-order valence-electron chi connectivity index (χ2n) is 19.2. The molecule has 0 radical (unpaired) electrons. The fourth-order valence-corrected chi connectivity index (χ4v) is 10.2. The van der Waals surface area contributed by atoms with E-state index in [1.807, 2.05) is 188 Å². The van der Waals surface area contributed by atoms with Crippen molar-refractivity contribution < 1.29 is 38.4 Å². The molecule has 78 heavy (non-hydrogen) atoms. The van der Waals surface area contributed by atoms with Crippen LogP contribution in [0.1, 0.15) is 83.6 Å². The van der Waals surface area contributed by atoms with Gasteiger partial charge in [0, 0.05) is 13.1 Å². The molecule has 8 aromatic rings. The Labute approximate surface area is 459 Å². The molecule has 400 valence electrons. The Hall–Kier alpha value is -8.19. The van der Waals surface area contributed by atoms with E-state index in [-0.39, 0.29) is 44.6 Å². The smallest absolute Gasteiger partial charge is 0.326 e. The number of carbonyl (C=O) groups excluding carboxylic acids is 3. The lowest BCUT2D eigenvalue weighted by Crippen LogP contribution is -2.49. The highest BCUT2D eigenvalue weighted by Crippen LogP contribution is 2.49. The number of fused-ring (bicyclic) bond motifs is 1. The number of ether oxygens (including phenoxy) is 4. The fraction of sp³-hybridized carbons (Fsp3) is 0.239. The first-order valence-corrected chi connectivity index (χ1v) is 26.3. The number of nitrogens with one attached hydrogen (secondary N) is 1. The van der Waals surface area contributed by atoms with Crippen molar-refractivity contribution in [3.8, 4) is 22.6 Å². The Morgan fingerprint density at radius 2 is 1.08 bits per heavy atom. The van der Waals surface area contributed by atoms with Gasteiger partial charge < -0.3 is 33.7 Å². The first-order valence-electron chi connectivity index (χ1n) is 26.3. The summed E-state index contributed by atoms with van der Waals surface area (Å²) in [6, 6.07) is 73.3. The van der Waals surface area contributed by atoms with E-state index in [0.717, 1.165) is 87.5 Å². The van der Waals surface area contributed by atoms with Gasteiger partial charge in [-0.1, -0.05) is 208 Å². The van der Waals surface area contributed by atoms with E-state index in [4.69, 9.17) is 23.7 Å². The molecule has 0 aromatic heterocycles. The summed E-state index contributed by atoms with van der Waals surface area (Å²) in [4.78, 5) is 38.9. The molecule has 11 rings (SSSR count). The number of benzene rings is 8. The predicted molar refractivity (Wildman–Crippen MR) is 305 cm³/mol. The number of aliphatic hydroxyl groups is 1. The molecule has 11 heteroatoms. The predicted octanol–water partition coefficient (Wildman–Crippen LogP) is 12.2. The first kappa shape index (κ1) is 56.0. The number of aliphatic hydroxyl groups excluding tert-OH is 1. The molecule has 2 N–H and O–H groups in total. The van der Waals surface area contributed by atoms with Crippen molar-refractivity contribution >= 4 is 18.7 Å². The summed E-state index contributed by atoms with van der Waals surface area (Å²) >= 11 is 0. The van der Waals surface area contributed by atoms with E-state index in [2.05, 4.69) is 58.7 Å². The van der Waals surface area contributed by atoms with Crippen LogP contribution < -0.4 is 14.8 Å². The Bertz CT molecular complexity index is 3040. The number of hydrogen-bond donors (Lipinski definition) is 2. The first-order chi connectivity index (χ1) is 38.0. The molecule has 0 spiro atoms. The molecular formula is C67H69N3O8. The number of nitrogens with zero attached hydrogens (tertiary/aromatic N) is 2.